The van der Waals surface area contributed by atoms with Gasteiger partial charge in [-0.25, -0.2) is 30.4 Å². The molecular formula is C15H10Cl2F5N3O2S. The summed E-state index contributed by atoms with van der Waals surface area (Å²) in [5.41, 5.74) is 0.395. The summed E-state index contributed by atoms with van der Waals surface area (Å²) in [6.45, 7) is -0.566. The fraction of sp³-hybridized carbons (Fsp3) is 0.267. The van der Waals surface area contributed by atoms with Gasteiger partial charge >= 0.3 is 0 Å². The van der Waals surface area contributed by atoms with Crippen LogP contribution >= 0.6 is 23.2 Å². The second-order valence-electron chi connectivity index (χ2n) is 5.74. The predicted octanol–water partition coefficient (Wildman–Crippen LogP) is 3.59. The monoisotopic (exact) mass is 461 g/mol. The Labute approximate surface area is 166 Å². The smallest absolute Gasteiger partial charge is 0.249 e. The molecule has 2 heterocycles. The zero-order valence-corrected chi connectivity index (χ0v) is 16.0. The summed E-state index contributed by atoms with van der Waals surface area (Å²) >= 11 is 12.1. The average molecular weight is 462 g/mol. The number of pyridine rings is 1. The molecule has 0 spiro atoms. The Morgan fingerprint density at radius 2 is 1.21 bits per heavy atom. The molecule has 0 radical (unpaired) electrons. The van der Waals surface area contributed by atoms with Crippen LogP contribution in [0.5, 0.6) is 0 Å². The molecule has 1 aromatic heterocycles. The SMILES string of the molecule is O=S(=O)(c1c(F)c(F)c(F)c(F)c1F)N1CCN(c2c(Cl)cncc2Cl)CC1. The summed E-state index contributed by atoms with van der Waals surface area (Å²) in [5.74, 6) is -11.9. The van der Waals surface area contributed by atoms with Crippen LogP contribution in [0, 0.1) is 29.1 Å². The van der Waals surface area contributed by atoms with Crippen molar-refractivity contribution in [2.75, 3.05) is 31.1 Å². The topological polar surface area (TPSA) is 53.5 Å². The molecule has 2 aromatic rings. The maximum Gasteiger partial charge on any atom is 0.249 e. The normalized spacial score (nSPS) is 15.9. The molecule has 0 aliphatic carbocycles. The van der Waals surface area contributed by atoms with Gasteiger partial charge in [0.2, 0.25) is 15.8 Å². The van der Waals surface area contributed by atoms with Gasteiger partial charge in [0, 0.05) is 38.6 Å². The Morgan fingerprint density at radius 3 is 1.68 bits per heavy atom. The molecule has 3 rings (SSSR count). The Morgan fingerprint density at radius 1 is 0.786 bits per heavy atom. The van der Waals surface area contributed by atoms with E-state index in [0.717, 1.165) is 0 Å². The molecule has 0 atom stereocenters. The quantitative estimate of drug-likeness (QED) is 0.398. The van der Waals surface area contributed by atoms with Crippen molar-refractivity contribution in [3.63, 3.8) is 0 Å². The summed E-state index contributed by atoms with van der Waals surface area (Å²) in [6.07, 6.45) is 2.67. The van der Waals surface area contributed by atoms with Crippen LogP contribution in [-0.2, 0) is 10.0 Å². The van der Waals surface area contributed by atoms with E-state index >= 15 is 0 Å². The largest absolute Gasteiger partial charge is 0.366 e. The molecule has 0 bridgehead atoms. The highest BCUT2D eigenvalue weighted by molar-refractivity contribution is 7.89. The molecule has 1 saturated heterocycles. The van der Waals surface area contributed by atoms with Crippen molar-refractivity contribution in [3.8, 4) is 0 Å². The number of aromatic nitrogens is 1. The Hall–Kier alpha value is -1.69. The molecule has 152 valence electrons. The third-order valence-corrected chi connectivity index (χ3v) is 6.62. The van der Waals surface area contributed by atoms with E-state index in [4.69, 9.17) is 23.2 Å². The van der Waals surface area contributed by atoms with Crippen LogP contribution in [-0.4, -0.2) is 43.9 Å². The molecule has 5 nitrogen and oxygen atoms in total. The molecule has 0 saturated carbocycles. The van der Waals surface area contributed by atoms with E-state index in [1.807, 2.05) is 0 Å². The Bertz CT molecular complexity index is 997. The lowest BCUT2D eigenvalue weighted by Crippen LogP contribution is -2.49. The number of hydrogen-bond donors (Lipinski definition) is 0. The fourth-order valence-electron chi connectivity index (χ4n) is 2.80. The number of nitrogens with zero attached hydrogens (tertiary/aromatic N) is 3. The van der Waals surface area contributed by atoms with Crippen LogP contribution in [0.1, 0.15) is 0 Å². The van der Waals surface area contributed by atoms with E-state index in [1.54, 1.807) is 4.90 Å². The summed E-state index contributed by atoms with van der Waals surface area (Å²) in [4.78, 5) is 3.54. The molecule has 1 aliphatic heterocycles. The van der Waals surface area contributed by atoms with Crippen molar-refractivity contribution in [1.29, 1.82) is 0 Å². The van der Waals surface area contributed by atoms with E-state index < -0.39 is 44.0 Å². The van der Waals surface area contributed by atoms with Gasteiger partial charge in [0.15, 0.2) is 28.2 Å². The highest BCUT2D eigenvalue weighted by Crippen LogP contribution is 2.34. The highest BCUT2D eigenvalue weighted by Gasteiger charge is 2.38. The molecular weight excluding hydrogens is 452 g/mol. The van der Waals surface area contributed by atoms with Crippen LogP contribution in [0.3, 0.4) is 0 Å². The second kappa shape index (κ2) is 7.62. The van der Waals surface area contributed by atoms with Gasteiger partial charge in [-0.15, -0.1) is 0 Å². The number of sulfonamides is 1. The van der Waals surface area contributed by atoms with Crippen LogP contribution in [0.2, 0.25) is 10.0 Å². The summed E-state index contributed by atoms with van der Waals surface area (Å²) in [5, 5.41) is 0.423. The first-order valence-corrected chi connectivity index (χ1v) is 9.82. The van der Waals surface area contributed by atoms with Gasteiger partial charge in [0.1, 0.15) is 0 Å². The third kappa shape index (κ3) is 3.40. The number of halogens is 7. The molecule has 1 aliphatic rings. The van der Waals surface area contributed by atoms with Crippen LogP contribution in [0.4, 0.5) is 27.6 Å². The predicted molar refractivity (Wildman–Crippen MR) is 91.5 cm³/mol. The third-order valence-electron chi connectivity index (χ3n) is 4.15. The lowest BCUT2D eigenvalue weighted by molar-refractivity contribution is 0.344. The molecule has 28 heavy (non-hydrogen) atoms. The van der Waals surface area contributed by atoms with Crippen molar-refractivity contribution in [1.82, 2.24) is 9.29 Å². The van der Waals surface area contributed by atoms with E-state index in [-0.39, 0.29) is 36.2 Å². The lowest BCUT2D eigenvalue weighted by Gasteiger charge is -2.36. The van der Waals surface area contributed by atoms with Gasteiger partial charge in [0.05, 0.1) is 15.7 Å². The Kier molecular flexibility index (Phi) is 5.72. The standard InChI is InChI=1S/C15H10Cl2F5N3O2S/c16-7-5-23-6-8(17)14(7)24-1-3-25(4-2-24)28(26,27)15-12(21)10(19)9(18)11(20)13(15)22/h5-6H,1-4H2. The minimum atomic E-state index is -4.98. The zero-order chi connectivity index (χ0) is 20.8. The summed E-state index contributed by atoms with van der Waals surface area (Å²) in [7, 11) is -4.98. The number of benzene rings is 1. The van der Waals surface area contributed by atoms with Gasteiger partial charge in [-0.2, -0.15) is 4.31 Å². The van der Waals surface area contributed by atoms with Gasteiger partial charge in [-0.3, -0.25) is 4.98 Å². The highest BCUT2D eigenvalue weighted by atomic mass is 35.5. The first kappa shape index (κ1) is 21.0. The maximum absolute atomic E-state index is 13.9. The average Bonchev–Trinajstić information content (AvgIpc) is 2.65. The van der Waals surface area contributed by atoms with E-state index in [1.165, 1.54) is 12.4 Å². The molecule has 0 N–H and O–H groups in total. The second-order valence-corrected chi connectivity index (χ2v) is 8.43. The first-order valence-electron chi connectivity index (χ1n) is 7.63. The van der Waals surface area contributed by atoms with E-state index in [0.29, 0.717) is 9.99 Å². The van der Waals surface area contributed by atoms with Crippen LogP contribution < -0.4 is 4.90 Å². The Balaban J connectivity index is 1.91. The van der Waals surface area contributed by atoms with Gasteiger partial charge in [-0.1, -0.05) is 23.2 Å². The fourth-order valence-corrected chi connectivity index (χ4v) is 4.94. The van der Waals surface area contributed by atoms with Crippen molar-refractivity contribution < 1.29 is 30.4 Å². The van der Waals surface area contributed by atoms with Crippen molar-refractivity contribution >= 4 is 38.9 Å². The molecule has 13 heteroatoms. The minimum absolute atomic E-state index is 0.0120. The van der Waals surface area contributed by atoms with Crippen molar-refractivity contribution in [2.24, 2.45) is 0 Å². The lowest BCUT2D eigenvalue weighted by atomic mass is 10.3. The minimum Gasteiger partial charge on any atom is -0.366 e. The summed E-state index contributed by atoms with van der Waals surface area (Å²) < 4.78 is 93.5. The molecule has 1 fully saturated rings. The van der Waals surface area contributed by atoms with E-state index in [9.17, 15) is 30.4 Å². The van der Waals surface area contributed by atoms with E-state index in [2.05, 4.69) is 4.98 Å². The molecule has 0 amide bonds. The van der Waals surface area contributed by atoms with Gasteiger partial charge < -0.3 is 4.90 Å². The number of piperazine rings is 1. The van der Waals surface area contributed by atoms with Crippen molar-refractivity contribution in [2.45, 2.75) is 4.90 Å². The first-order chi connectivity index (χ1) is 13.1. The van der Waals surface area contributed by atoms with Crippen molar-refractivity contribution in [3.05, 3.63) is 51.5 Å². The van der Waals surface area contributed by atoms with Gasteiger partial charge in [-0.05, 0) is 0 Å². The maximum atomic E-state index is 13.9. The van der Waals surface area contributed by atoms with Crippen LogP contribution in [0.15, 0.2) is 17.3 Å². The number of hydrogen-bond acceptors (Lipinski definition) is 4. The molecule has 0 unspecified atom stereocenters. The zero-order valence-electron chi connectivity index (χ0n) is 13.7. The van der Waals surface area contributed by atoms with Crippen LogP contribution in [0.25, 0.3) is 0 Å². The number of anilines is 1. The summed E-state index contributed by atoms with van der Waals surface area (Å²) in [6, 6.07) is 0. The van der Waals surface area contributed by atoms with Gasteiger partial charge in [0.25, 0.3) is 0 Å². The molecule has 1 aromatic carbocycles. The number of rotatable bonds is 3.